The number of amides is 3. The van der Waals surface area contributed by atoms with E-state index in [1.807, 2.05) is 24.3 Å². The summed E-state index contributed by atoms with van der Waals surface area (Å²) in [5.41, 5.74) is 15.3. The zero-order valence-corrected chi connectivity index (χ0v) is 15.1. The fourth-order valence-corrected chi connectivity index (χ4v) is 2.45. The van der Waals surface area contributed by atoms with Crippen molar-refractivity contribution in [2.24, 2.45) is 11.5 Å². The predicted octanol–water partition coefficient (Wildman–Crippen LogP) is -0.509. The summed E-state index contributed by atoms with van der Waals surface area (Å²) in [6, 6.07) is 13.4. The number of carbonyl (C=O) groups is 3. The van der Waals surface area contributed by atoms with Crippen LogP contribution in [0, 0.1) is 0 Å². The van der Waals surface area contributed by atoms with Crippen molar-refractivity contribution in [1.29, 1.82) is 0 Å². The van der Waals surface area contributed by atoms with Gasteiger partial charge in [-0.15, -0.1) is 0 Å². The van der Waals surface area contributed by atoms with Gasteiger partial charge in [-0.1, -0.05) is 36.4 Å². The quantitative estimate of drug-likeness (QED) is 0.265. The normalized spacial score (nSPS) is 11.4. The second-order valence-electron chi connectivity index (χ2n) is 5.99. The van der Waals surface area contributed by atoms with Crippen molar-refractivity contribution in [2.75, 3.05) is 13.1 Å². The van der Waals surface area contributed by atoms with Crippen LogP contribution in [-0.2, 0) is 16.1 Å². The van der Waals surface area contributed by atoms with E-state index < -0.39 is 17.9 Å². The fourth-order valence-electron chi connectivity index (χ4n) is 2.45. The van der Waals surface area contributed by atoms with Crippen molar-refractivity contribution in [1.82, 2.24) is 16.1 Å². The molecule has 9 heteroatoms. The average Bonchev–Trinajstić information content (AvgIpc) is 2.75. The number of hydroxylamine groups is 1. The molecule has 0 saturated carbocycles. The van der Waals surface area contributed by atoms with E-state index in [0.717, 1.165) is 16.7 Å². The maximum Gasteiger partial charge on any atom is 0.267 e. The Labute approximate surface area is 162 Å². The minimum Gasteiger partial charge on any atom is -0.351 e. The first kappa shape index (κ1) is 21.0. The Bertz CT molecular complexity index is 821. The van der Waals surface area contributed by atoms with Crippen LogP contribution < -0.4 is 27.6 Å². The molecule has 0 heterocycles. The molecule has 148 valence electrons. The predicted molar refractivity (Wildman–Crippen MR) is 103 cm³/mol. The molecule has 0 aromatic heterocycles. The highest BCUT2D eigenvalue weighted by molar-refractivity contribution is 5.97. The number of benzene rings is 2. The SMILES string of the molecule is NCC(=O)NCc1ccc(-c2ccc(C(=O)N[C@@H](CN)C(=O)NO)cc2)cc1. The summed E-state index contributed by atoms with van der Waals surface area (Å²) in [5.74, 6) is -1.47. The van der Waals surface area contributed by atoms with Gasteiger partial charge in [0.2, 0.25) is 5.91 Å². The van der Waals surface area contributed by atoms with Gasteiger partial charge in [0.1, 0.15) is 6.04 Å². The average molecular weight is 385 g/mol. The maximum absolute atomic E-state index is 12.2. The lowest BCUT2D eigenvalue weighted by Crippen LogP contribution is -2.50. The molecule has 0 spiro atoms. The van der Waals surface area contributed by atoms with Crippen molar-refractivity contribution < 1.29 is 19.6 Å². The minimum absolute atomic E-state index is 0.0469. The summed E-state index contributed by atoms with van der Waals surface area (Å²) in [6.45, 7) is 0.210. The largest absolute Gasteiger partial charge is 0.351 e. The fraction of sp³-hybridized carbons (Fsp3) is 0.211. The summed E-state index contributed by atoms with van der Waals surface area (Å²) >= 11 is 0. The molecule has 0 bridgehead atoms. The lowest BCUT2D eigenvalue weighted by molar-refractivity contribution is -0.130. The molecule has 0 saturated heterocycles. The zero-order chi connectivity index (χ0) is 20.5. The van der Waals surface area contributed by atoms with Crippen LogP contribution in [0.15, 0.2) is 48.5 Å². The minimum atomic E-state index is -1.02. The van der Waals surface area contributed by atoms with Crippen LogP contribution in [0.5, 0.6) is 0 Å². The number of nitrogens with one attached hydrogen (secondary N) is 3. The third-order valence-electron chi connectivity index (χ3n) is 4.08. The molecule has 0 aliphatic rings. The highest BCUT2D eigenvalue weighted by Crippen LogP contribution is 2.20. The molecular formula is C19H23N5O4. The zero-order valence-electron chi connectivity index (χ0n) is 15.1. The Kier molecular flexibility index (Phi) is 7.64. The van der Waals surface area contributed by atoms with E-state index in [1.165, 1.54) is 5.48 Å². The molecule has 8 N–H and O–H groups in total. The third kappa shape index (κ3) is 5.61. The highest BCUT2D eigenvalue weighted by atomic mass is 16.5. The van der Waals surface area contributed by atoms with Gasteiger partial charge >= 0.3 is 0 Å². The summed E-state index contributed by atoms with van der Waals surface area (Å²) in [5, 5.41) is 13.8. The van der Waals surface area contributed by atoms with E-state index >= 15 is 0 Å². The molecule has 0 fully saturated rings. The van der Waals surface area contributed by atoms with Crippen molar-refractivity contribution in [3.05, 3.63) is 59.7 Å². The molecule has 9 nitrogen and oxygen atoms in total. The number of carbonyl (C=O) groups excluding carboxylic acids is 3. The molecule has 28 heavy (non-hydrogen) atoms. The van der Waals surface area contributed by atoms with Gasteiger partial charge in [0, 0.05) is 18.7 Å². The van der Waals surface area contributed by atoms with E-state index in [2.05, 4.69) is 10.6 Å². The van der Waals surface area contributed by atoms with Gasteiger partial charge in [-0.25, -0.2) is 5.48 Å². The van der Waals surface area contributed by atoms with Gasteiger partial charge in [0.05, 0.1) is 6.54 Å². The number of nitrogens with two attached hydrogens (primary N) is 2. The van der Waals surface area contributed by atoms with Crippen molar-refractivity contribution in [2.45, 2.75) is 12.6 Å². The molecule has 1 atom stereocenters. The first-order valence-corrected chi connectivity index (χ1v) is 8.59. The molecule has 3 amide bonds. The van der Waals surface area contributed by atoms with E-state index in [4.69, 9.17) is 16.7 Å². The molecule has 0 aliphatic carbocycles. The number of hydrogen-bond acceptors (Lipinski definition) is 6. The van der Waals surface area contributed by atoms with Crippen molar-refractivity contribution in [3.8, 4) is 11.1 Å². The monoisotopic (exact) mass is 385 g/mol. The summed E-state index contributed by atoms with van der Waals surface area (Å²) < 4.78 is 0. The first-order chi connectivity index (χ1) is 13.5. The van der Waals surface area contributed by atoms with Gasteiger partial charge in [-0.2, -0.15) is 0 Å². The van der Waals surface area contributed by atoms with Crippen LogP contribution in [0.25, 0.3) is 11.1 Å². The molecule has 0 radical (unpaired) electrons. The van der Waals surface area contributed by atoms with Gasteiger partial charge < -0.3 is 22.1 Å². The maximum atomic E-state index is 12.2. The molecule has 2 aromatic carbocycles. The molecule has 2 rings (SSSR count). The standard InChI is InChI=1S/C19H23N5O4/c20-9-16(19(27)24-28)23-18(26)15-7-5-14(6-8-15)13-3-1-12(2-4-13)11-22-17(25)10-21/h1-8,16,28H,9-11,20-21H2,(H,22,25)(H,23,26)(H,24,27)/t16-/m0/s1. The Morgan fingerprint density at radius 2 is 1.50 bits per heavy atom. The molecule has 0 unspecified atom stereocenters. The molecule has 0 aliphatic heterocycles. The van der Waals surface area contributed by atoms with Gasteiger partial charge in [0.25, 0.3) is 11.8 Å². The summed E-state index contributed by atoms with van der Waals surface area (Å²) in [7, 11) is 0. The highest BCUT2D eigenvalue weighted by Gasteiger charge is 2.19. The van der Waals surface area contributed by atoms with E-state index in [9.17, 15) is 14.4 Å². The van der Waals surface area contributed by atoms with Crippen LogP contribution >= 0.6 is 0 Å². The van der Waals surface area contributed by atoms with Crippen LogP contribution in [-0.4, -0.2) is 42.1 Å². The van der Waals surface area contributed by atoms with E-state index in [1.54, 1.807) is 24.3 Å². The van der Waals surface area contributed by atoms with E-state index in [0.29, 0.717) is 12.1 Å². The second kappa shape index (κ2) is 10.2. The Morgan fingerprint density at radius 1 is 0.929 bits per heavy atom. The van der Waals surface area contributed by atoms with Gasteiger partial charge in [-0.05, 0) is 28.8 Å². The first-order valence-electron chi connectivity index (χ1n) is 8.59. The molecule has 2 aromatic rings. The summed E-state index contributed by atoms with van der Waals surface area (Å²) in [6.07, 6.45) is 0. The molecular weight excluding hydrogens is 362 g/mol. The summed E-state index contributed by atoms with van der Waals surface area (Å²) in [4.78, 5) is 34.8. The Hall–Kier alpha value is -3.27. The van der Waals surface area contributed by atoms with Gasteiger partial charge in [0.15, 0.2) is 0 Å². The topological polar surface area (TPSA) is 160 Å². The second-order valence-corrected chi connectivity index (χ2v) is 5.99. The number of rotatable bonds is 8. The smallest absolute Gasteiger partial charge is 0.267 e. The Morgan fingerprint density at radius 3 is 2.00 bits per heavy atom. The van der Waals surface area contributed by atoms with Crippen molar-refractivity contribution in [3.63, 3.8) is 0 Å². The van der Waals surface area contributed by atoms with Crippen LogP contribution in [0.1, 0.15) is 15.9 Å². The van der Waals surface area contributed by atoms with Gasteiger partial charge in [-0.3, -0.25) is 19.6 Å². The number of hydrogen-bond donors (Lipinski definition) is 6. The lowest BCUT2D eigenvalue weighted by atomic mass is 10.0. The van der Waals surface area contributed by atoms with Crippen molar-refractivity contribution >= 4 is 17.7 Å². The Balaban J connectivity index is 2.02. The lowest BCUT2D eigenvalue weighted by Gasteiger charge is -2.14. The van der Waals surface area contributed by atoms with Crippen LogP contribution in [0.3, 0.4) is 0 Å². The van der Waals surface area contributed by atoms with E-state index in [-0.39, 0.29) is 19.0 Å². The van der Waals surface area contributed by atoms with Crippen LogP contribution in [0.2, 0.25) is 0 Å². The third-order valence-corrected chi connectivity index (χ3v) is 4.08. The van der Waals surface area contributed by atoms with Crippen LogP contribution in [0.4, 0.5) is 0 Å².